The van der Waals surface area contributed by atoms with E-state index in [1.54, 1.807) is 0 Å². The molecule has 0 saturated heterocycles. The van der Waals surface area contributed by atoms with Crippen LogP contribution in [-0.4, -0.2) is 59.9 Å². The first kappa shape index (κ1) is 18.1. The lowest BCUT2D eigenvalue weighted by atomic mass is 10.1. The van der Waals surface area contributed by atoms with Crippen LogP contribution in [-0.2, 0) is 6.54 Å². The molecule has 1 unspecified atom stereocenters. The number of nitrogens with zero attached hydrogens (tertiary/aromatic N) is 4. The maximum absolute atomic E-state index is 6.08. The van der Waals surface area contributed by atoms with Crippen molar-refractivity contribution in [2.45, 2.75) is 39.8 Å². The molecule has 1 heterocycles. The summed E-state index contributed by atoms with van der Waals surface area (Å²) < 4.78 is 2.03. The largest absolute Gasteiger partial charge is 0.329 e. The molecule has 0 aliphatic heterocycles. The van der Waals surface area contributed by atoms with Crippen molar-refractivity contribution in [1.82, 2.24) is 19.6 Å². The van der Waals surface area contributed by atoms with Gasteiger partial charge in [0.1, 0.15) is 0 Å². The number of aromatic nitrogens is 2. The highest BCUT2D eigenvalue weighted by Gasteiger charge is 2.21. The van der Waals surface area contributed by atoms with Crippen LogP contribution in [0.1, 0.15) is 38.8 Å². The van der Waals surface area contributed by atoms with E-state index in [-0.39, 0.29) is 6.04 Å². The Morgan fingerprint density at radius 1 is 1.29 bits per heavy atom. The predicted octanol–water partition coefficient (Wildman–Crippen LogP) is 1.81. The van der Waals surface area contributed by atoms with E-state index in [4.69, 9.17) is 5.73 Å². The molecular formula is C16H33N5. The summed E-state index contributed by atoms with van der Waals surface area (Å²) in [6, 6.07) is 0.262. The standard InChI is InChI=1S/C16H33N5/c1-6-7-21-13-15(11-18-21)16(10-17)20(12-14(2)3)9-8-19(4)5/h11,13-14,16H,6-10,12,17H2,1-5H3. The Kier molecular flexibility index (Phi) is 7.93. The van der Waals surface area contributed by atoms with Gasteiger partial charge in [-0.3, -0.25) is 9.58 Å². The zero-order chi connectivity index (χ0) is 15.8. The van der Waals surface area contributed by atoms with Crippen molar-refractivity contribution in [2.24, 2.45) is 11.7 Å². The van der Waals surface area contributed by atoms with Gasteiger partial charge >= 0.3 is 0 Å². The molecule has 0 amide bonds. The molecule has 0 aromatic carbocycles. The summed E-state index contributed by atoms with van der Waals surface area (Å²) >= 11 is 0. The topological polar surface area (TPSA) is 50.3 Å². The first-order chi connectivity index (χ1) is 9.97. The highest BCUT2D eigenvalue weighted by Crippen LogP contribution is 2.20. The Balaban J connectivity index is 2.82. The van der Waals surface area contributed by atoms with E-state index in [1.165, 1.54) is 5.56 Å². The second kappa shape index (κ2) is 9.18. The van der Waals surface area contributed by atoms with Crippen molar-refractivity contribution in [3.8, 4) is 0 Å². The van der Waals surface area contributed by atoms with Gasteiger partial charge in [-0.15, -0.1) is 0 Å². The maximum atomic E-state index is 6.08. The fourth-order valence-electron chi connectivity index (χ4n) is 2.57. The lowest BCUT2D eigenvalue weighted by molar-refractivity contribution is 0.163. The molecule has 1 aromatic rings. The van der Waals surface area contributed by atoms with E-state index in [0.29, 0.717) is 12.5 Å². The third-order valence-electron chi connectivity index (χ3n) is 3.59. The molecule has 0 aliphatic rings. The third kappa shape index (κ3) is 6.16. The van der Waals surface area contributed by atoms with Crippen molar-refractivity contribution in [2.75, 3.05) is 40.3 Å². The lowest BCUT2D eigenvalue weighted by Gasteiger charge is -2.32. The molecule has 21 heavy (non-hydrogen) atoms. The number of rotatable bonds is 10. The van der Waals surface area contributed by atoms with Crippen molar-refractivity contribution in [1.29, 1.82) is 0 Å². The molecule has 5 heteroatoms. The van der Waals surface area contributed by atoms with Gasteiger partial charge in [0, 0.05) is 44.5 Å². The summed E-state index contributed by atoms with van der Waals surface area (Å²) in [5.41, 5.74) is 7.32. The van der Waals surface area contributed by atoms with Gasteiger partial charge in [0.05, 0.1) is 12.2 Å². The summed E-state index contributed by atoms with van der Waals surface area (Å²) in [5.74, 6) is 0.631. The summed E-state index contributed by atoms with van der Waals surface area (Å²) in [6.45, 7) is 11.4. The second-order valence-electron chi connectivity index (χ2n) is 6.48. The smallest absolute Gasteiger partial charge is 0.0538 e. The number of likely N-dealkylation sites (N-methyl/N-ethyl adjacent to an activating group) is 1. The minimum absolute atomic E-state index is 0.262. The molecule has 1 atom stereocenters. The zero-order valence-corrected chi connectivity index (χ0v) is 14.4. The Labute approximate surface area is 130 Å². The molecule has 0 radical (unpaired) electrons. The molecule has 5 nitrogen and oxygen atoms in total. The molecule has 122 valence electrons. The van der Waals surface area contributed by atoms with E-state index >= 15 is 0 Å². The fourth-order valence-corrected chi connectivity index (χ4v) is 2.57. The summed E-state index contributed by atoms with van der Waals surface area (Å²) in [6.07, 6.45) is 5.24. The molecular weight excluding hydrogens is 262 g/mol. The van der Waals surface area contributed by atoms with Crippen LogP contribution in [0, 0.1) is 5.92 Å². The first-order valence-electron chi connectivity index (χ1n) is 8.09. The van der Waals surface area contributed by atoms with Gasteiger partial charge in [0.2, 0.25) is 0 Å². The fraction of sp³-hybridized carbons (Fsp3) is 0.812. The van der Waals surface area contributed by atoms with E-state index in [2.05, 4.69) is 56.0 Å². The summed E-state index contributed by atoms with van der Waals surface area (Å²) in [5, 5.41) is 4.46. The van der Waals surface area contributed by atoms with Crippen LogP contribution in [0.4, 0.5) is 0 Å². The van der Waals surface area contributed by atoms with Crippen LogP contribution in [0.2, 0.25) is 0 Å². The number of nitrogens with two attached hydrogens (primary N) is 1. The normalized spacial score (nSPS) is 13.6. The molecule has 0 saturated carbocycles. The number of hydrogen-bond acceptors (Lipinski definition) is 4. The van der Waals surface area contributed by atoms with Gasteiger partial charge in [-0.25, -0.2) is 0 Å². The number of hydrogen-bond donors (Lipinski definition) is 1. The quantitative estimate of drug-likeness (QED) is 0.715. The van der Waals surface area contributed by atoms with Gasteiger partial charge in [-0.2, -0.15) is 5.10 Å². The van der Waals surface area contributed by atoms with Crippen molar-refractivity contribution < 1.29 is 0 Å². The lowest BCUT2D eigenvalue weighted by Crippen LogP contribution is -2.40. The summed E-state index contributed by atoms with van der Waals surface area (Å²) in [4.78, 5) is 4.72. The Hall–Kier alpha value is -0.910. The van der Waals surface area contributed by atoms with Gasteiger partial charge in [-0.05, 0) is 26.4 Å². The highest BCUT2D eigenvalue weighted by molar-refractivity contribution is 5.11. The predicted molar refractivity (Wildman–Crippen MR) is 89.3 cm³/mol. The molecule has 0 bridgehead atoms. The summed E-state index contributed by atoms with van der Waals surface area (Å²) in [7, 11) is 4.23. The van der Waals surface area contributed by atoms with E-state index in [9.17, 15) is 0 Å². The van der Waals surface area contributed by atoms with Crippen molar-refractivity contribution in [3.63, 3.8) is 0 Å². The SMILES string of the molecule is CCCn1cc(C(CN)N(CCN(C)C)CC(C)C)cn1. The van der Waals surface area contributed by atoms with Gasteiger partial charge in [0.15, 0.2) is 0 Å². The first-order valence-corrected chi connectivity index (χ1v) is 8.09. The van der Waals surface area contributed by atoms with E-state index in [1.807, 2.05) is 10.9 Å². The minimum Gasteiger partial charge on any atom is -0.329 e. The highest BCUT2D eigenvalue weighted by atomic mass is 15.3. The molecule has 0 aliphatic carbocycles. The maximum Gasteiger partial charge on any atom is 0.0538 e. The third-order valence-corrected chi connectivity index (χ3v) is 3.59. The van der Waals surface area contributed by atoms with Gasteiger partial charge < -0.3 is 10.6 Å². The van der Waals surface area contributed by atoms with Crippen LogP contribution < -0.4 is 5.73 Å². The Bertz CT molecular complexity index is 386. The molecule has 1 rings (SSSR count). The van der Waals surface area contributed by atoms with Gasteiger partial charge in [0.25, 0.3) is 0 Å². The van der Waals surface area contributed by atoms with Crippen molar-refractivity contribution >= 4 is 0 Å². The molecule has 2 N–H and O–H groups in total. The molecule has 1 aromatic heterocycles. The van der Waals surface area contributed by atoms with Gasteiger partial charge in [-0.1, -0.05) is 20.8 Å². The second-order valence-corrected chi connectivity index (χ2v) is 6.48. The molecule has 0 fully saturated rings. The average molecular weight is 295 g/mol. The van der Waals surface area contributed by atoms with Crippen LogP contribution in [0.3, 0.4) is 0 Å². The number of aryl methyl sites for hydroxylation is 1. The Morgan fingerprint density at radius 3 is 2.52 bits per heavy atom. The van der Waals surface area contributed by atoms with Crippen LogP contribution in [0.5, 0.6) is 0 Å². The Morgan fingerprint density at radius 2 is 2.00 bits per heavy atom. The van der Waals surface area contributed by atoms with E-state index in [0.717, 1.165) is 32.6 Å². The average Bonchev–Trinajstić information content (AvgIpc) is 2.85. The molecule has 0 spiro atoms. The van der Waals surface area contributed by atoms with Crippen LogP contribution >= 0.6 is 0 Å². The van der Waals surface area contributed by atoms with Crippen molar-refractivity contribution in [3.05, 3.63) is 18.0 Å². The van der Waals surface area contributed by atoms with Crippen LogP contribution in [0.15, 0.2) is 12.4 Å². The minimum atomic E-state index is 0.262. The van der Waals surface area contributed by atoms with Crippen LogP contribution in [0.25, 0.3) is 0 Å². The zero-order valence-electron chi connectivity index (χ0n) is 14.4. The van der Waals surface area contributed by atoms with E-state index < -0.39 is 0 Å². The monoisotopic (exact) mass is 295 g/mol.